The Morgan fingerprint density at radius 3 is 2.81 bits per heavy atom. The molecule has 2 rings (SSSR count). The highest BCUT2D eigenvalue weighted by molar-refractivity contribution is 5.62. The Bertz CT molecular complexity index is 580. The summed E-state index contributed by atoms with van der Waals surface area (Å²) < 4.78 is 14.6. The number of halogens is 1. The minimum absolute atomic E-state index is 0.154. The van der Waals surface area contributed by atoms with E-state index in [-0.39, 0.29) is 17.3 Å². The van der Waals surface area contributed by atoms with Crippen molar-refractivity contribution in [1.82, 2.24) is 9.55 Å². The van der Waals surface area contributed by atoms with Crippen LogP contribution in [0.4, 0.5) is 10.2 Å². The third kappa shape index (κ3) is 1.50. The minimum atomic E-state index is -0.349. The molecular formula is C11H9FN4. The molecule has 0 bridgehead atoms. The minimum Gasteiger partial charge on any atom is -0.383 e. The molecule has 1 heterocycles. The van der Waals surface area contributed by atoms with Crippen molar-refractivity contribution in [2.75, 3.05) is 5.73 Å². The number of aromatic nitrogens is 2. The van der Waals surface area contributed by atoms with E-state index in [0.29, 0.717) is 11.4 Å². The summed E-state index contributed by atoms with van der Waals surface area (Å²) in [6, 6.07) is 7.89. The first kappa shape index (κ1) is 10.2. The summed E-state index contributed by atoms with van der Waals surface area (Å²) in [6.07, 6.45) is 0. The fourth-order valence-electron chi connectivity index (χ4n) is 1.48. The second-order valence-corrected chi connectivity index (χ2v) is 3.35. The van der Waals surface area contributed by atoms with Gasteiger partial charge in [0.15, 0.2) is 5.69 Å². The Kier molecular flexibility index (Phi) is 2.33. The molecule has 80 valence electrons. The van der Waals surface area contributed by atoms with Gasteiger partial charge in [0.25, 0.3) is 0 Å². The predicted molar refractivity (Wildman–Crippen MR) is 57.7 cm³/mol. The average molecular weight is 216 g/mol. The smallest absolute Gasteiger partial charge is 0.183 e. The lowest BCUT2D eigenvalue weighted by Gasteiger charge is -2.02. The highest BCUT2D eigenvalue weighted by Gasteiger charge is 2.13. The summed E-state index contributed by atoms with van der Waals surface area (Å²) in [5.74, 6) is 0.410. The van der Waals surface area contributed by atoms with Crippen LogP contribution in [0, 0.1) is 17.1 Å². The van der Waals surface area contributed by atoms with Gasteiger partial charge in [-0.3, -0.25) is 0 Å². The van der Waals surface area contributed by atoms with Gasteiger partial charge in [0, 0.05) is 12.6 Å². The monoisotopic (exact) mass is 216 g/mol. The summed E-state index contributed by atoms with van der Waals surface area (Å²) in [7, 11) is 1.68. The van der Waals surface area contributed by atoms with E-state index in [1.54, 1.807) is 23.7 Å². The van der Waals surface area contributed by atoms with E-state index in [0.717, 1.165) is 0 Å². The quantitative estimate of drug-likeness (QED) is 0.788. The number of imidazole rings is 1. The maximum atomic E-state index is 13.0. The van der Waals surface area contributed by atoms with E-state index in [1.807, 2.05) is 6.07 Å². The van der Waals surface area contributed by atoms with Crippen molar-refractivity contribution in [3.63, 3.8) is 0 Å². The average Bonchev–Trinajstić information content (AvgIpc) is 2.56. The van der Waals surface area contributed by atoms with Gasteiger partial charge in [-0.2, -0.15) is 5.26 Å². The summed E-state index contributed by atoms with van der Waals surface area (Å²) in [4.78, 5) is 4.05. The molecule has 16 heavy (non-hydrogen) atoms. The summed E-state index contributed by atoms with van der Waals surface area (Å²) in [5.41, 5.74) is 6.42. The number of nitriles is 1. The number of hydrogen-bond acceptors (Lipinski definition) is 3. The van der Waals surface area contributed by atoms with Gasteiger partial charge < -0.3 is 10.3 Å². The van der Waals surface area contributed by atoms with Gasteiger partial charge in [-0.25, -0.2) is 9.37 Å². The van der Waals surface area contributed by atoms with Gasteiger partial charge >= 0.3 is 0 Å². The molecule has 5 heteroatoms. The fraction of sp³-hybridized carbons (Fsp3) is 0.0909. The Morgan fingerprint density at radius 1 is 1.50 bits per heavy atom. The molecular weight excluding hydrogens is 207 g/mol. The standard InChI is InChI=1S/C11H9FN4/c1-16-10(14)9(6-13)15-11(16)7-3-2-4-8(12)5-7/h2-5H,14H2,1H3. The van der Waals surface area contributed by atoms with Crippen molar-refractivity contribution < 1.29 is 4.39 Å². The molecule has 2 N–H and O–H groups in total. The lowest BCUT2D eigenvalue weighted by molar-refractivity contribution is 0.628. The molecule has 0 aliphatic heterocycles. The zero-order valence-corrected chi connectivity index (χ0v) is 8.61. The van der Waals surface area contributed by atoms with E-state index in [1.165, 1.54) is 12.1 Å². The van der Waals surface area contributed by atoms with Crippen LogP contribution in [-0.4, -0.2) is 9.55 Å². The third-order valence-electron chi connectivity index (χ3n) is 2.33. The molecule has 1 aromatic heterocycles. The zero-order valence-electron chi connectivity index (χ0n) is 8.61. The Balaban J connectivity index is 2.62. The lowest BCUT2D eigenvalue weighted by atomic mass is 10.2. The topological polar surface area (TPSA) is 67.6 Å². The van der Waals surface area contributed by atoms with Crippen molar-refractivity contribution in [2.24, 2.45) is 7.05 Å². The number of benzene rings is 1. The molecule has 0 aliphatic carbocycles. The molecule has 1 aromatic carbocycles. The van der Waals surface area contributed by atoms with Crippen molar-refractivity contribution in [3.8, 4) is 17.5 Å². The fourth-order valence-corrected chi connectivity index (χ4v) is 1.48. The number of hydrogen-bond donors (Lipinski definition) is 1. The van der Waals surface area contributed by atoms with Gasteiger partial charge in [0.1, 0.15) is 23.5 Å². The summed E-state index contributed by atoms with van der Waals surface area (Å²) >= 11 is 0. The van der Waals surface area contributed by atoms with E-state index < -0.39 is 0 Å². The molecule has 0 aliphatic rings. The first-order valence-corrected chi connectivity index (χ1v) is 4.61. The van der Waals surface area contributed by atoms with E-state index in [2.05, 4.69) is 4.98 Å². The number of nitrogens with two attached hydrogens (primary N) is 1. The number of rotatable bonds is 1. The molecule has 0 saturated heterocycles. The maximum Gasteiger partial charge on any atom is 0.183 e. The molecule has 0 unspecified atom stereocenters. The van der Waals surface area contributed by atoms with Crippen molar-refractivity contribution in [2.45, 2.75) is 0 Å². The number of nitrogen functional groups attached to an aromatic ring is 1. The van der Waals surface area contributed by atoms with Crippen molar-refractivity contribution in [3.05, 3.63) is 35.8 Å². The highest BCUT2D eigenvalue weighted by Crippen LogP contribution is 2.22. The van der Waals surface area contributed by atoms with Crippen LogP contribution in [-0.2, 0) is 7.05 Å². The third-order valence-corrected chi connectivity index (χ3v) is 2.33. The molecule has 0 atom stereocenters. The molecule has 4 nitrogen and oxygen atoms in total. The first-order chi connectivity index (χ1) is 7.63. The van der Waals surface area contributed by atoms with E-state index in [9.17, 15) is 4.39 Å². The highest BCUT2D eigenvalue weighted by atomic mass is 19.1. The number of anilines is 1. The van der Waals surface area contributed by atoms with Gasteiger partial charge in [-0.05, 0) is 12.1 Å². The predicted octanol–water partition coefficient (Wildman–Crippen LogP) is 1.68. The van der Waals surface area contributed by atoms with Crippen molar-refractivity contribution >= 4 is 5.82 Å². The first-order valence-electron chi connectivity index (χ1n) is 4.61. The molecule has 2 aromatic rings. The maximum absolute atomic E-state index is 13.0. The van der Waals surface area contributed by atoms with Crippen LogP contribution < -0.4 is 5.73 Å². The van der Waals surface area contributed by atoms with E-state index in [4.69, 9.17) is 11.0 Å². The van der Waals surface area contributed by atoms with Gasteiger partial charge in [-0.1, -0.05) is 12.1 Å². The SMILES string of the molecule is Cn1c(-c2cccc(F)c2)nc(C#N)c1N. The van der Waals surface area contributed by atoms with Crippen LogP contribution in [0.2, 0.25) is 0 Å². The van der Waals surface area contributed by atoms with Crippen molar-refractivity contribution in [1.29, 1.82) is 5.26 Å². The van der Waals surface area contributed by atoms with Crippen LogP contribution in [0.1, 0.15) is 5.69 Å². The summed E-state index contributed by atoms with van der Waals surface area (Å²) in [5, 5.41) is 8.78. The molecule has 0 radical (unpaired) electrons. The van der Waals surface area contributed by atoms with Crippen LogP contribution in [0.25, 0.3) is 11.4 Å². The van der Waals surface area contributed by atoms with Crippen LogP contribution >= 0.6 is 0 Å². The molecule has 0 fully saturated rings. The van der Waals surface area contributed by atoms with Crippen LogP contribution in [0.5, 0.6) is 0 Å². The second-order valence-electron chi connectivity index (χ2n) is 3.35. The molecule has 0 amide bonds. The largest absolute Gasteiger partial charge is 0.383 e. The van der Waals surface area contributed by atoms with Crippen LogP contribution in [0.15, 0.2) is 24.3 Å². The zero-order chi connectivity index (χ0) is 11.7. The Morgan fingerprint density at radius 2 is 2.25 bits per heavy atom. The normalized spacial score (nSPS) is 10.1. The molecule has 0 spiro atoms. The van der Waals surface area contributed by atoms with Gasteiger partial charge in [0.2, 0.25) is 0 Å². The second kappa shape index (κ2) is 3.66. The van der Waals surface area contributed by atoms with E-state index >= 15 is 0 Å². The van der Waals surface area contributed by atoms with Gasteiger partial charge in [0.05, 0.1) is 0 Å². The number of nitrogens with zero attached hydrogens (tertiary/aromatic N) is 3. The lowest BCUT2D eigenvalue weighted by Crippen LogP contribution is -1.98. The Labute approximate surface area is 91.8 Å². The Hall–Kier alpha value is -2.35. The van der Waals surface area contributed by atoms with Gasteiger partial charge in [-0.15, -0.1) is 0 Å². The summed E-state index contributed by atoms with van der Waals surface area (Å²) in [6.45, 7) is 0. The molecule has 0 saturated carbocycles. The van der Waals surface area contributed by atoms with Crippen LogP contribution in [0.3, 0.4) is 0 Å².